The summed E-state index contributed by atoms with van der Waals surface area (Å²) in [5.41, 5.74) is 0.251. The van der Waals surface area contributed by atoms with Gasteiger partial charge in [0.1, 0.15) is 5.82 Å². The Bertz CT molecular complexity index is 805. The predicted molar refractivity (Wildman–Crippen MR) is 95.4 cm³/mol. The van der Waals surface area contributed by atoms with E-state index in [-0.39, 0.29) is 11.0 Å². The Kier molecular flexibility index (Phi) is 5.52. The molecule has 1 aliphatic rings. The summed E-state index contributed by atoms with van der Waals surface area (Å²) in [6.45, 7) is -0.424. The number of esters is 1. The molecule has 0 aliphatic heterocycles. The lowest BCUT2D eigenvalue weighted by Crippen LogP contribution is -2.36. The molecule has 1 saturated carbocycles. The Morgan fingerprint density at radius 2 is 1.88 bits per heavy atom. The van der Waals surface area contributed by atoms with Crippen LogP contribution >= 0.6 is 11.6 Å². The molecular formula is C19H18ClFN2O3. The van der Waals surface area contributed by atoms with E-state index in [0.29, 0.717) is 18.5 Å². The summed E-state index contributed by atoms with van der Waals surface area (Å²) in [5.74, 6) is -1.32. The van der Waals surface area contributed by atoms with Crippen LogP contribution in [-0.4, -0.2) is 23.5 Å². The second-order valence-corrected chi connectivity index (χ2v) is 6.62. The minimum absolute atomic E-state index is 0.158. The van der Waals surface area contributed by atoms with E-state index in [1.807, 2.05) is 0 Å². The van der Waals surface area contributed by atoms with Gasteiger partial charge in [-0.05, 0) is 42.7 Å². The fourth-order valence-corrected chi connectivity index (χ4v) is 3.46. The molecule has 0 unspecified atom stereocenters. The van der Waals surface area contributed by atoms with E-state index >= 15 is 0 Å². The van der Waals surface area contributed by atoms with Crippen molar-refractivity contribution in [1.82, 2.24) is 4.98 Å². The number of anilines is 1. The molecule has 5 nitrogen and oxygen atoms in total. The number of rotatable bonds is 5. The van der Waals surface area contributed by atoms with Crippen LogP contribution in [0.1, 0.15) is 31.2 Å². The number of hydrogen-bond donors (Lipinski definition) is 1. The number of nitrogens with zero attached hydrogens (tertiary/aromatic N) is 1. The summed E-state index contributed by atoms with van der Waals surface area (Å²) in [5, 5.41) is 2.71. The zero-order valence-corrected chi connectivity index (χ0v) is 14.8. The zero-order valence-electron chi connectivity index (χ0n) is 14.0. The molecule has 1 fully saturated rings. The van der Waals surface area contributed by atoms with Gasteiger partial charge in [-0.25, -0.2) is 9.37 Å². The molecule has 0 saturated heterocycles. The molecule has 1 aromatic carbocycles. The first-order chi connectivity index (χ1) is 12.5. The lowest BCUT2D eigenvalue weighted by atomic mass is 9.79. The number of hydrogen-bond acceptors (Lipinski definition) is 4. The summed E-state index contributed by atoms with van der Waals surface area (Å²) < 4.78 is 18.5. The Morgan fingerprint density at radius 3 is 2.54 bits per heavy atom. The van der Waals surface area contributed by atoms with Gasteiger partial charge >= 0.3 is 5.97 Å². The van der Waals surface area contributed by atoms with Gasteiger partial charge in [0.2, 0.25) is 0 Å². The Hall–Kier alpha value is -2.47. The molecule has 1 amide bonds. The maximum Gasteiger partial charge on any atom is 0.317 e. The summed E-state index contributed by atoms with van der Waals surface area (Å²) in [6.07, 6.45) is 4.50. The molecule has 0 spiro atoms. The van der Waals surface area contributed by atoms with Crippen molar-refractivity contribution in [3.63, 3.8) is 0 Å². The predicted octanol–water partition coefficient (Wildman–Crippen LogP) is 3.87. The molecule has 3 rings (SSSR count). The molecule has 1 aliphatic carbocycles. The normalized spacial score (nSPS) is 15.5. The van der Waals surface area contributed by atoms with Crippen molar-refractivity contribution in [2.45, 2.75) is 31.1 Å². The van der Waals surface area contributed by atoms with Crippen LogP contribution in [0.3, 0.4) is 0 Å². The van der Waals surface area contributed by atoms with Crippen molar-refractivity contribution in [1.29, 1.82) is 0 Å². The van der Waals surface area contributed by atoms with Crippen LogP contribution in [-0.2, 0) is 19.7 Å². The molecule has 1 aromatic heterocycles. The number of aromatic nitrogens is 1. The van der Waals surface area contributed by atoms with Gasteiger partial charge < -0.3 is 10.1 Å². The SMILES string of the molecule is O=C(COC(=O)C1(c2ccc(F)cc2)CCCC1)Nc1cccnc1Cl. The zero-order chi connectivity index (χ0) is 18.6. The summed E-state index contributed by atoms with van der Waals surface area (Å²) >= 11 is 5.89. The number of halogens is 2. The van der Waals surface area contributed by atoms with Crippen molar-refractivity contribution in [2.75, 3.05) is 11.9 Å². The Labute approximate surface area is 155 Å². The minimum Gasteiger partial charge on any atom is -0.455 e. The number of pyridine rings is 1. The van der Waals surface area contributed by atoms with Crippen molar-refractivity contribution in [2.24, 2.45) is 0 Å². The van der Waals surface area contributed by atoms with Crippen LogP contribution in [0.4, 0.5) is 10.1 Å². The Morgan fingerprint density at radius 1 is 1.19 bits per heavy atom. The summed E-state index contributed by atoms with van der Waals surface area (Å²) in [4.78, 5) is 28.6. The van der Waals surface area contributed by atoms with Crippen molar-refractivity contribution < 1.29 is 18.7 Å². The highest BCUT2D eigenvalue weighted by atomic mass is 35.5. The first kappa shape index (κ1) is 18.3. The standard InChI is InChI=1S/C19H18ClFN2O3/c20-17-15(4-3-11-22-17)23-16(24)12-26-18(25)19(9-1-2-10-19)13-5-7-14(21)8-6-13/h3-8,11H,1-2,9-10,12H2,(H,23,24). The van der Waals surface area contributed by atoms with Crippen LogP contribution in [0, 0.1) is 5.82 Å². The molecule has 26 heavy (non-hydrogen) atoms. The van der Waals surface area contributed by atoms with Gasteiger partial charge in [0.15, 0.2) is 11.8 Å². The van der Waals surface area contributed by atoms with E-state index in [4.69, 9.17) is 16.3 Å². The molecule has 0 atom stereocenters. The van der Waals surface area contributed by atoms with Gasteiger partial charge in [0.05, 0.1) is 11.1 Å². The van der Waals surface area contributed by atoms with Crippen molar-refractivity contribution in [3.05, 3.63) is 59.1 Å². The van der Waals surface area contributed by atoms with E-state index in [1.54, 1.807) is 24.3 Å². The number of ether oxygens (including phenoxy) is 1. The summed E-state index contributed by atoms with van der Waals surface area (Å²) in [6, 6.07) is 9.12. The number of carbonyl (C=O) groups is 2. The monoisotopic (exact) mass is 376 g/mol. The third kappa shape index (κ3) is 3.85. The third-order valence-corrected chi connectivity index (χ3v) is 4.91. The molecular weight excluding hydrogens is 359 g/mol. The average Bonchev–Trinajstić information content (AvgIpc) is 3.13. The number of benzene rings is 1. The number of nitrogens with one attached hydrogen (secondary N) is 1. The highest BCUT2D eigenvalue weighted by molar-refractivity contribution is 6.32. The van der Waals surface area contributed by atoms with Crippen molar-refractivity contribution in [3.8, 4) is 0 Å². The quantitative estimate of drug-likeness (QED) is 0.635. The summed E-state index contributed by atoms with van der Waals surface area (Å²) in [7, 11) is 0. The number of amides is 1. The molecule has 136 valence electrons. The van der Waals surface area contributed by atoms with Crippen LogP contribution in [0.25, 0.3) is 0 Å². The maximum atomic E-state index is 13.2. The van der Waals surface area contributed by atoms with Crippen molar-refractivity contribution >= 4 is 29.2 Å². The van der Waals surface area contributed by atoms with E-state index < -0.39 is 23.9 Å². The van der Waals surface area contributed by atoms with E-state index in [2.05, 4.69) is 10.3 Å². The van der Waals surface area contributed by atoms with Gasteiger partial charge in [-0.15, -0.1) is 0 Å². The number of carbonyl (C=O) groups excluding carboxylic acids is 2. The van der Waals surface area contributed by atoms with Crippen LogP contribution < -0.4 is 5.32 Å². The fraction of sp³-hybridized carbons (Fsp3) is 0.316. The fourth-order valence-electron chi connectivity index (χ4n) is 3.29. The molecule has 1 N–H and O–H groups in total. The molecule has 0 radical (unpaired) electrons. The van der Waals surface area contributed by atoms with E-state index in [0.717, 1.165) is 18.4 Å². The van der Waals surface area contributed by atoms with Gasteiger partial charge in [-0.2, -0.15) is 0 Å². The first-order valence-electron chi connectivity index (χ1n) is 8.35. The van der Waals surface area contributed by atoms with Gasteiger partial charge in [-0.1, -0.05) is 36.6 Å². The Balaban J connectivity index is 1.66. The first-order valence-corrected chi connectivity index (χ1v) is 8.73. The third-order valence-electron chi connectivity index (χ3n) is 4.61. The molecule has 0 bridgehead atoms. The second-order valence-electron chi connectivity index (χ2n) is 6.26. The molecule has 1 heterocycles. The highest BCUT2D eigenvalue weighted by Crippen LogP contribution is 2.42. The van der Waals surface area contributed by atoms with Gasteiger partial charge in [0, 0.05) is 6.20 Å². The lowest BCUT2D eigenvalue weighted by molar-refractivity contribution is -0.153. The highest BCUT2D eigenvalue weighted by Gasteiger charge is 2.44. The second kappa shape index (κ2) is 7.83. The van der Waals surface area contributed by atoms with Gasteiger partial charge in [-0.3, -0.25) is 9.59 Å². The molecule has 2 aromatic rings. The smallest absolute Gasteiger partial charge is 0.317 e. The van der Waals surface area contributed by atoms with Gasteiger partial charge in [0.25, 0.3) is 5.91 Å². The van der Waals surface area contributed by atoms with Crippen LogP contribution in [0.5, 0.6) is 0 Å². The lowest BCUT2D eigenvalue weighted by Gasteiger charge is -2.27. The van der Waals surface area contributed by atoms with E-state index in [9.17, 15) is 14.0 Å². The minimum atomic E-state index is -0.820. The topological polar surface area (TPSA) is 68.3 Å². The van der Waals surface area contributed by atoms with Crippen LogP contribution in [0.2, 0.25) is 5.15 Å². The van der Waals surface area contributed by atoms with E-state index in [1.165, 1.54) is 18.3 Å². The maximum absolute atomic E-state index is 13.2. The van der Waals surface area contributed by atoms with Crippen LogP contribution in [0.15, 0.2) is 42.6 Å². The largest absolute Gasteiger partial charge is 0.455 e. The average molecular weight is 377 g/mol. The molecule has 7 heteroatoms.